The first-order chi connectivity index (χ1) is 10.1. The molecule has 1 saturated carbocycles. The molecule has 2 aliphatic rings. The quantitative estimate of drug-likeness (QED) is 0.929. The van der Waals surface area contributed by atoms with Crippen LogP contribution in [0.15, 0.2) is 18.2 Å². The van der Waals surface area contributed by atoms with Crippen molar-refractivity contribution in [3.63, 3.8) is 0 Å². The third-order valence-corrected chi connectivity index (χ3v) is 4.93. The zero-order valence-corrected chi connectivity index (χ0v) is 13.3. The summed E-state index contributed by atoms with van der Waals surface area (Å²) in [6.07, 6.45) is 6.55. The first kappa shape index (κ1) is 14.9. The Morgan fingerprint density at radius 1 is 1.33 bits per heavy atom. The number of nitrogens with two attached hydrogens (primary N) is 1. The molecule has 2 N–H and O–H groups in total. The van der Waals surface area contributed by atoms with Crippen molar-refractivity contribution in [3.05, 3.63) is 29.3 Å². The SMILES string of the molecule is Cc1cc(N2CCOC3CCCCC32)ccc1CC(C)N. The Labute approximate surface area is 128 Å². The van der Waals surface area contributed by atoms with Crippen molar-refractivity contribution in [2.75, 3.05) is 18.1 Å². The molecule has 0 bridgehead atoms. The third-order valence-electron chi connectivity index (χ3n) is 4.93. The van der Waals surface area contributed by atoms with Crippen LogP contribution in [0.5, 0.6) is 0 Å². The molecule has 0 aromatic heterocycles. The minimum atomic E-state index is 0.223. The van der Waals surface area contributed by atoms with Crippen molar-refractivity contribution >= 4 is 5.69 Å². The molecule has 1 aromatic carbocycles. The smallest absolute Gasteiger partial charge is 0.0779 e. The van der Waals surface area contributed by atoms with E-state index in [1.165, 1.54) is 42.5 Å². The van der Waals surface area contributed by atoms with Gasteiger partial charge < -0.3 is 15.4 Å². The van der Waals surface area contributed by atoms with E-state index in [0.717, 1.165) is 19.6 Å². The fourth-order valence-electron chi connectivity index (χ4n) is 3.85. The van der Waals surface area contributed by atoms with E-state index in [1.54, 1.807) is 0 Å². The van der Waals surface area contributed by atoms with E-state index in [-0.39, 0.29) is 6.04 Å². The Kier molecular flexibility index (Phi) is 4.51. The minimum Gasteiger partial charge on any atom is -0.374 e. The summed E-state index contributed by atoms with van der Waals surface area (Å²) in [6, 6.07) is 7.68. The van der Waals surface area contributed by atoms with Crippen molar-refractivity contribution in [2.45, 2.75) is 64.1 Å². The molecular formula is C18H28N2O. The number of anilines is 1. The van der Waals surface area contributed by atoms with E-state index in [0.29, 0.717) is 12.1 Å². The second kappa shape index (κ2) is 6.37. The van der Waals surface area contributed by atoms with Crippen LogP contribution >= 0.6 is 0 Å². The Hall–Kier alpha value is -1.06. The molecule has 21 heavy (non-hydrogen) atoms. The summed E-state index contributed by atoms with van der Waals surface area (Å²) in [6.45, 7) is 6.16. The average molecular weight is 288 g/mol. The van der Waals surface area contributed by atoms with E-state index < -0.39 is 0 Å². The largest absolute Gasteiger partial charge is 0.374 e. The second-order valence-corrected chi connectivity index (χ2v) is 6.75. The second-order valence-electron chi connectivity index (χ2n) is 6.75. The molecule has 3 rings (SSSR count). The Bertz CT molecular complexity index is 484. The van der Waals surface area contributed by atoms with E-state index >= 15 is 0 Å². The fraction of sp³-hybridized carbons (Fsp3) is 0.667. The number of ether oxygens (including phenoxy) is 1. The van der Waals surface area contributed by atoms with Gasteiger partial charge in [0, 0.05) is 18.3 Å². The first-order valence-corrected chi connectivity index (χ1v) is 8.38. The summed E-state index contributed by atoms with van der Waals surface area (Å²) in [7, 11) is 0. The van der Waals surface area contributed by atoms with Gasteiger partial charge in [-0.1, -0.05) is 18.9 Å². The number of rotatable bonds is 3. The molecular weight excluding hydrogens is 260 g/mol. The Balaban J connectivity index is 1.80. The van der Waals surface area contributed by atoms with Gasteiger partial charge in [0.25, 0.3) is 0 Å². The minimum absolute atomic E-state index is 0.223. The summed E-state index contributed by atoms with van der Waals surface area (Å²) in [5.41, 5.74) is 10.0. The molecule has 116 valence electrons. The normalized spacial score (nSPS) is 27.3. The summed E-state index contributed by atoms with van der Waals surface area (Å²) in [4.78, 5) is 2.58. The van der Waals surface area contributed by atoms with Gasteiger partial charge >= 0.3 is 0 Å². The molecule has 3 nitrogen and oxygen atoms in total. The molecule has 1 aromatic rings. The number of aryl methyl sites for hydroxylation is 1. The van der Waals surface area contributed by atoms with Crippen molar-refractivity contribution in [1.82, 2.24) is 0 Å². The van der Waals surface area contributed by atoms with Crippen LogP contribution < -0.4 is 10.6 Å². The maximum Gasteiger partial charge on any atom is 0.0779 e. The predicted molar refractivity (Wildman–Crippen MR) is 87.9 cm³/mol. The lowest BCUT2D eigenvalue weighted by Gasteiger charge is -2.45. The van der Waals surface area contributed by atoms with Gasteiger partial charge in [-0.2, -0.15) is 0 Å². The highest BCUT2D eigenvalue weighted by Gasteiger charge is 2.34. The average Bonchev–Trinajstić information content (AvgIpc) is 2.48. The van der Waals surface area contributed by atoms with Crippen LogP contribution in [-0.2, 0) is 11.2 Å². The van der Waals surface area contributed by atoms with Crippen LogP contribution in [0.1, 0.15) is 43.7 Å². The molecule has 1 aliphatic carbocycles. The molecule has 3 unspecified atom stereocenters. The van der Waals surface area contributed by atoms with E-state index in [2.05, 4.69) is 36.9 Å². The van der Waals surface area contributed by atoms with Crippen LogP contribution in [0.2, 0.25) is 0 Å². The van der Waals surface area contributed by atoms with E-state index in [4.69, 9.17) is 10.5 Å². The molecule has 2 fully saturated rings. The van der Waals surface area contributed by atoms with Gasteiger partial charge in [-0.3, -0.25) is 0 Å². The zero-order chi connectivity index (χ0) is 14.8. The number of benzene rings is 1. The Morgan fingerprint density at radius 3 is 2.90 bits per heavy atom. The molecule has 1 heterocycles. The van der Waals surface area contributed by atoms with Gasteiger partial charge in [-0.05, 0) is 56.4 Å². The van der Waals surface area contributed by atoms with Crippen LogP contribution in [0.4, 0.5) is 5.69 Å². The van der Waals surface area contributed by atoms with Crippen molar-refractivity contribution in [2.24, 2.45) is 5.73 Å². The van der Waals surface area contributed by atoms with Gasteiger partial charge in [-0.25, -0.2) is 0 Å². The van der Waals surface area contributed by atoms with Gasteiger partial charge in [0.1, 0.15) is 0 Å². The lowest BCUT2D eigenvalue weighted by molar-refractivity contribution is -0.00868. The number of nitrogens with zero attached hydrogens (tertiary/aromatic N) is 1. The van der Waals surface area contributed by atoms with Crippen molar-refractivity contribution in [3.8, 4) is 0 Å². The van der Waals surface area contributed by atoms with Crippen LogP contribution in [0, 0.1) is 6.92 Å². The summed E-state index contributed by atoms with van der Waals surface area (Å²) in [5, 5.41) is 0. The number of hydrogen-bond donors (Lipinski definition) is 1. The highest BCUT2D eigenvalue weighted by atomic mass is 16.5. The summed E-state index contributed by atoms with van der Waals surface area (Å²) in [5.74, 6) is 0. The fourth-order valence-corrected chi connectivity index (χ4v) is 3.85. The van der Waals surface area contributed by atoms with E-state index in [1.807, 2.05) is 0 Å². The van der Waals surface area contributed by atoms with E-state index in [9.17, 15) is 0 Å². The molecule has 0 radical (unpaired) electrons. The molecule has 0 spiro atoms. The van der Waals surface area contributed by atoms with Crippen molar-refractivity contribution < 1.29 is 4.74 Å². The third kappa shape index (κ3) is 3.24. The van der Waals surface area contributed by atoms with Crippen LogP contribution in [0.25, 0.3) is 0 Å². The van der Waals surface area contributed by atoms with Gasteiger partial charge in [0.2, 0.25) is 0 Å². The summed E-state index contributed by atoms with van der Waals surface area (Å²) >= 11 is 0. The summed E-state index contributed by atoms with van der Waals surface area (Å²) < 4.78 is 5.98. The standard InChI is InChI=1S/C18H28N2O/c1-13-11-16(8-7-15(13)12-14(2)19)20-9-10-21-18-6-4-3-5-17(18)20/h7-8,11,14,17-18H,3-6,9-10,12,19H2,1-2H3. The highest BCUT2D eigenvalue weighted by molar-refractivity contribution is 5.52. The lowest BCUT2D eigenvalue weighted by atomic mass is 9.89. The van der Waals surface area contributed by atoms with Gasteiger partial charge in [0.15, 0.2) is 0 Å². The zero-order valence-electron chi connectivity index (χ0n) is 13.3. The number of hydrogen-bond acceptors (Lipinski definition) is 3. The van der Waals surface area contributed by atoms with Gasteiger partial charge in [-0.15, -0.1) is 0 Å². The molecule has 3 heteroatoms. The monoisotopic (exact) mass is 288 g/mol. The van der Waals surface area contributed by atoms with Crippen molar-refractivity contribution in [1.29, 1.82) is 0 Å². The molecule has 3 atom stereocenters. The predicted octanol–water partition coefficient (Wildman–Crippen LogP) is 3.03. The maximum atomic E-state index is 5.98. The van der Waals surface area contributed by atoms with Crippen LogP contribution in [-0.4, -0.2) is 31.3 Å². The van der Waals surface area contributed by atoms with Gasteiger partial charge in [0.05, 0.1) is 18.8 Å². The maximum absolute atomic E-state index is 5.98. The highest BCUT2D eigenvalue weighted by Crippen LogP contribution is 2.32. The Morgan fingerprint density at radius 2 is 2.14 bits per heavy atom. The first-order valence-electron chi connectivity index (χ1n) is 8.38. The molecule has 1 saturated heterocycles. The molecule has 0 amide bonds. The molecule has 1 aliphatic heterocycles. The number of fused-ring (bicyclic) bond motifs is 1. The van der Waals surface area contributed by atoms with Crippen LogP contribution in [0.3, 0.4) is 0 Å². The topological polar surface area (TPSA) is 38.5 Å². The number of morpholine rings is 1. The lowest BCUT2D eigenvalue weighted by Crippen LogP contribution is -2.52.